The van der Waals surface area contributed by atoms with Crippen molar-refractivity contribution in [2.24, 2.45) is 0 Å². The van der Waals surface area contributed by atoms with E-state index in [4.69, 9.17) is 18.9 Å². The van der Waals surface area contributed by atoms with Gasteiger partial charge in [-0.05, 0) is 54.7 Å². The smallest absolute Gasteiger partial charge is 0.336 e. The summed E-state index contributed by atoms with van der Waals surface area (Å²) in [5.41, 5.74) is 4.25. The Morgan fingerprint density at radius 1 is 0.927 bits per heavy atom. The number of rotatable bonds is 9. The van der Waals surface area contributed by atoms with Gasteiger partial charge in [0.2, 0.25) is 0 Å². The second-order valence-electron chi connectivity index (χ2n) is 9.95. The van der Waals surface area contributed by atoms with E-state index in [0.717, 1.165) is 16.8 Å². The second-order valence-corrected chi connectivity index (χ2v) is 10.8. The summed E-state index contributed by atoms with van der Waals surface area (Å²) in [7, 11) is 3.12. The molecule has 0 aromatic heterocycles. The van der Waals surface area contributed by atoms with Crippen LogP contribution in [0.15, 0.2) is 99.8 Å². The number of carbonyl (C=O) groups excluding carboxylic acids is 2. The van der Waals surface area contributed by atoms with Crippen LogP contribution in [0.25, 0.3) is 0 Å². The van der Waals surface area contributed by atoms with Gasteiger partial charge in [-0.3, -0.25) is 4.79 Å². The zero-order valence-corrected chi connectivity index (χ0v) is 24.8. The standard InChI is InChI=1S/C33H32BrNO6/c1-20-30(33(37)41-15-14-40-23-12-8-5-9-13-23)31(24-18-28(38-2)29(39-3)19-25(24)34)32-26(35-20)16-22(17-27(32)36)21-10-6-4-7-11-21/h4-13,18-19,22,31,35H,14-17H2,1-3H3. The Hall–Kier alpha value is -4.04. The molecule has 3 aromatic rings. The summed E-state index contributed by atoms with van der Waals surface area (Å²) in [6, 6.07) is 23.0. The number of nitrogens with one attached hydrogen (secondary N) is 1. The third-order valence-corrected chi connectivity index (χ3v) is 8.15. The van der Waals surface area contributed by atoms with Crippen molar-refractivity contribution in [3.8, 4) is 17.2 Å². The van der Waals surface area contributed by atoms with E-state index in [2.05, 4.69) is 33.4 Å². The van der Waals surface area contributed by atoms with E-state index < -0.39 is 11.9 Å². The Kier molecular flexibility index (Phi) is 8.78. The first kappa shape index (κ1) is 28.5. The molecule has 0 saturated heterocycles. The van der Waals surface area contributed by atoms with Crippen molar-refractivity contribution in [2.45, 2.75) is 31.6 Å². The largest absolute Gasteiger partial charge is 0.493 e. The normalized spacial score (nSPS) is 18.4. The van der Waals surface area contributed by atoms with Crippen LogP contribution in [0.4, 0.5) is 0 Å². The highest BCUT2D eigenvalue weighted by Gasteiger charge is 2.42. The number of esters is 1. The summed E-state index contributed by atoms with van der Waals surface area (Å²) in [4.78, 5) is 27.6. The van der Waals surface area contributed by atoms with Gasteiger partial charge < -0.3 is 24.3 Å². The van der Waals surface area contributed by atoms with Gasteiger partial charge in [0.25, 0.3) is 0 Å². The first-order valence-corrected chi connectivity index (χ1v) is 14.3. The molecule has 0 amide bonds. The number of Topliss-reactive ketones (excluding diaryl/α,β-unsaturated/α-hetero) is 1. The molecule has 8 heteroatoms. The molecule has 2 aliphatic rings. The molecule has 5 rings (SSSR count). The number of ketones is 1. The summed E-state index contributed by atoms with van der Waals surface area (Å²) in [5, 5.41) is 3.40. The van der Waals surface area contributed by atoms with Gasteiger partial charge in [0.15, 0.2) is 17.3 Å². The fraction of sp³-hybridized carbons (Fsp3) is 0.273. The maximum atomic E-state index is 13.9. The summed E-state index contributed by atoms with van der Waals surface area (Å²) < 4.78 is 23.2. The number of benzene rings is 3. The minimum atomic E-state index is -0.660. The van der Waals surface area contributed by atoms with E-state index in [0.29, 0.717) is 51.4 Å². The highest BCUT2D eigenvalue weighted by molar-refractivity contribution is 9.10. The predicted octanol–water partition coefficient (Wildman–Crippen LogP) is 6.45. The minimum Gasteiger partial charge on any atom is -0.493 e. The van der Waals surface area contributed by atoms with E-state index in [9.17, 15) is 9.59 Å². The fourth-order valence-electron chi connectivity index (χ4n) is 5.56. The van der Waals surface area contributed by atoms with Gasteiger partial charge in [0.1, 0.15) is 19.0 Å². The van der Waals surface area contributed by atoms with Crippen LogP contribution in [0.5, 0.6) is 17.2 Å². The average Bonchev–Trinajstić information content (AvgIpc) is 2.99. The topological polar surface area (TPSA) is 83.1 Å². The molecule has 0 radical (unpaired) electrons. The van der Waals surface area contributed by atoms with E-state index in [-0.39, 0.29) is 24.9 Å². The lowest BCUT2D eigenvalue weighted by Gasteiger charge is -2.37. The number of hydrogen-bond acceptors (Lipinski definition) is 7. The van der Waals surface area contributed by atoms with E-state index in [1.807, 2.05) is 61.5 Å². The van der Waals surface area contributed by atoms with Gasteiger partial charge >= 0.3 is 5.97 Å². The van der Waals surface area contributed by atoms with Gasteiger partial charge in [-0.25, -0.2) is 4.79 Å². The monoisotopic (exact) mass is 617 g/mol. The van der Waals surface area contributed by atoms with Crippen LogP contribution in [-0.4, -0.2) is 39.2 Å². The van der Waals surface area contributed by atoms with Gasteiger partial charge in [0, 0.05) is 33.8 Å². The number of dihydropyridines is 1. The molecule has 0 spiro atoms. The van der Waals surface area contributed by atoms with Crippen molar-refractivity contribution in [1.82, 2.24) is 5.32 Å². The SMILES string of the molecule is COc1cc(Br)c(C2C(C(=O)OCCOc3ccccc3)=C(C)NC3=C2C(=O)CC(c2ccccc2)C3)cc1OC. The number of halogens is 1. The highest BCUT2D eigenvalue weighted by Crippen LogP contribution is 2.49. The minimum absolute atomic E-state index is 0.00972. The van der Waals surface area contributed by atoms with Crippen LogP contribution < -0.4 is 19.5 Å². The molecule has 0 saturated carbocycles. The molecule has 1 heterocycles. The number of hydrogen-bond donors (Lipinski definition) is 1. The molecule has 212 valence electrons. The number of para-hydroxylation sites is 1. The Balaban J connectivity index is 1.50. The molecule has 0 fully saturated rings. The highest BCUT2D eigenvalue weighted by atomic mass is 79.9. The van der Waals surface area contributed by atoms with Crippen molar-refractivity contribution in [2.75, 3.05) is 27.4 Å². The van der Waals surface area contributed by atoms with Crippen LogP contribution in [-0.2, 0) is 14.3 Å². The molecule has 2 atom stereocenters. The second kappa shape index (κ2) is 12.6. The third kappa shape index (κ3) is 6.03. The quantitative estimate of drug-likeness (QED) is 0.218. The molecular formula is C33H32BrNO6. The zero-order valence-electron chi connectivity index (χ0n) is 23.2. The van der Waals surface area contributed by atoms with Crippen molar-refractivity contribution < 1.29 is 28.5 Å². The summed E-state index contributed by atoms with van der Waals surface area (Å²) in [5.74, 6) is 0.591. The van der Waals surface area contributed by atoms with Gasteiger partial charge in [-0.2, -0.15) is 0 Å². The zero-order chi connectivity index (χ0) is 28.9. The number of carbonyl (C=O) groups is 2. The molecule has 2 unspecified atom stereocenters. The summed E-state index contributed by atoms with van der Waals surface area (Å²) >= 11 is 3.67. The lowest BCUT2D eigenvalue weighted by molar-refractivity contribution is -0.140. The Labute approximate surface area is 248 Å². The van der Waals surface area contributed by atoms with Crippen LogP contribution in [0.2, 0.25) is 0 Å². The molecule has 1 N–H and O–H groups in total. The Morgan fingerprint density at radius 2 is 1.59 bits per heavy atom. The maximum Gasteiger partial charge on any atom is 0.336 e. The first-order chi connectivity index (χ1) is 19.9. The molecule has 1 aliphatic heterocycles. The maximum absolute atomic E-state index is 13.9. The molecular weight excluding hydrogens is 586 g/mol. The van der Waals surface area contributed by atoms with Gasteiger partial charge in [0.05, 0.1) is 19.8 Å². The van der Waals surface area contributed by atoms with E-state index >= 15 is 0 Å². The van der Waals surface area contributed by atoms with Crippen LogP contribution in [0, 0.1) is 0 Å². The van der Waals surface area contributed by atoms with Crippen molar-refractivity contribution in [3.05, 3.63) is 111 Å². The van der Waals surface area contributed by atoms with E-state index in [1.54, 1.807) is 20.3 Å². The van der Waals surface area contributed by atoms with Crippen LogP contribution in [0.1, 0.15) is 42.7 Å². The van der Waals surface area contributed by atoms with Crippen molar-refractivity contribution in [3.63, 3.8) is 0 Å². The number of ether oxygens (including phenoxy) is 4. The lowest BCUT2D eigenvalue weighted by atomic mass is 9.71. The molecule has 1 aliphatic carbocycles. The fourth-order valence-corrected chi connectivity index (χ4v) is 6.11. The van der Waals surface area contributed by atoms with Crippen LogP contribution >= 0.6 is 15.9 Å². The molecule has 3 aromatic carbocycles. The Bertz CT molecular complexity index is 1500. The van der Waals surface area contributed by atoms with Crippen LogP contribution in [0.3, 0.4) is 0 Å². The van der Waals surface area contributed by atoms with Gasteiger partial charge in [-0.15, -0.1) is 0 Å². The third-order valence-electron chi connectivity index (χ3n) is 7.46. The Morgan fingerprint density at radius 3 is 2.27 bits per heavy atom. The predicted molar refractivity (Wildman–Crippen MR) is 159 cm³/mol. The summed E-state index contributed by atoms with van der Waals surface area (Å²) in [6.45, 7) is 2.10. The summed E-state index contributed by atoms with van der Waals surface area (Å²) in [6.07, 6.45) is 0.995. The molecule has 41 heavy (non-hydrogen) atoms. The molecule has 7 nitrogen and oxygen atoms in total. The number of allylic oxidation sites excluding steroid dienone is 3. The first-order valence-electron chi connectivity index (χ1n) is 13.5. The molecule has 0 bridgehead atoms. The number of methoxy groups -OCH3 is 2. The van der Waals surface area contributed by atoms with Crippen molar-refractivity contribution in [1.29, 1.82) is 0 Å². The average molecular weight is 619 g/mol. The lowest BCUT2D eigenvalue weighted by Crippen LogP contribution is -2.36. The van der Waals surface area contributed by atoms with Crippen molar-refractivity contribution >= 4 is 27.7 Å². The van der Waals surface area contributed by atoms with Gasteiger partial charge in [-0.1, -0.05) is 64.5 Å². The van der Waals surface area contributed by atoms with E-state index in [1.165, 1.54) is 0 Å².